The highest BCUT2D eigenvalue weighted by Gasteiger charge is 2.62. The highest BCUT2D eigenvalue weighted by Crippen LogP contribution is 2.57. The van der Waals surface area contributed by atoms with E-state index in [1.807, 2.05) is 20.8 Å². The molecule has 2 rings (SSSR count). The SMILES string of the molecule is CC(C)(C)OC(=O)N1C[C@@H]2C[C@]2(C#N)C1. The van der Waals surface area contributed by atoms with Crippen LogP contribution in [0.1, 0.15) is 27.2 Å². The molecular weight excluding hydrogens is 192 g/mol. The van der Waals surface area contributed by atoms with E-state index in [9.17, 15) is 4.79 Å². The molecule has 82 valence electrons. The summed E-state index contributed by atoms with van der Waals surface area (Å²) < 4.78 is 5.26. The number of carbonyl (C=O) groups excluding carboxylic acids is 1. The summed E-state index contributed by atoms with van der Waals surface area (Å²) in [6.45, 7) is 6.77. The number of piperidine rings is 1. The third-order valence-corrected chi connectivity index (χ3v) is 3.02. The molecule has 1 amide bonds. The molecule has 0 spiro atoms. The first-order valence-corrected chi connectivity index (χ1v) is 5.25. The molecule has 0 N–H and O–H groups in total. The zero-order valence-electron chi connectivity index (χ0n) is 9.41. The van der Waals surface area contributed by atoms with Crippen LogP contribution in [0.25, 0.3) is 0 Å². The maximum Gasteiger partial charge on any atom is 0.410 e. The molecule has 0 aromatic rings. The van der Waals surface area contributed by atoms with Crippen molar-refractivity contribution in [2.45, 2.75) is 32.8 Å². The van der Waals surface area contributed by atoms with Gasteiger partial charge in [-0.05, 0) is 33.1 Å². The third-order valence-electron chi connectivity index (χ3n) is 3.02. The molecule has 2 atom stereocenters. The molecule has 0 unspecified atom stereocenters. The highest BCUT2D eigenvalue weighted by molar-refractivity contribution is 5.69. The number of hydrogen-bond donors (Lipinski definition) is 0. The second-order valence-electron chi connectivity index (χ2n) is 5.53. The van der Waals surface area contributed by atoms with E-state index in [0.29, 0.717) is 19.0 Å². The number of ether oxygens (including phenoxy) is 1. The molecule has 0 aromatic heterocycles. The Morgan fingerprint density at radius 2 is 2.27 bits per heavy atom. The van der Waals surface area contributed by atoms with E-state index in [2.05, 4.69) is 6.07 Å². The summed E-state index contributed by atoms with van der Waals surface area (Å²) in [6, 6.07) is 2.31. The van der Waals surface area contributed by atoms with Gasteiger partial charge >= 0.3 is 6.09 Å². The fourth-order valence-electron chi connectivity index (χ4n) is 2.12. The van der Waals surface area contributed by atoms with E-state index >= 15 is 0 Å². The van der Waals surface area contributed by atoms with Crippen LogP contribution in [0, 0.1) is 22.7 Å². The Hall–Kier alpha value is -1.24. The van der Waals surface area contributed by atoms with Crippen LogP contribution in [-0.2, 0) is 4.74 Å². The van der Waals surface area contributed by atoms with Crippen LogP contribution in [0.4, 0.5) is 4.79 Å². The van der Waals surface area contributed by atoms with Gasteiger partial charge in [0.05, 0.1) is 11.5 Å². The number of fused-ring (bicyclic) bond motifs is 1. The minimum absolute atomic E-state index is 0.239. The molecule has 15 heavy (non-hydrogen) atoms. The molecule has 0 bridgehead atoms. The second kappa shape index (κ2) is 2.88. The van der Waals surface area contributed by atoms with Gasteiger partial charge in [0.1, 0.15) is 5.60 Å². The lowest BCUT2D eigenvalue weighted by molar-refractivity contribution is 0.0268. The normalized spacial score (nSPS) is 33.2. The minimum Gasteiger partial charge on any atom is -0.444 e. The maximum absolute atomic E-state index is 11.7. The average molecular weight is 208 g/mol. The molecule has 2 fully saturated rings. The molecule has 1 aliphatic heterocycles. The molecule has 4 heteroatoms. The van der Waals surface area contributed by atoms with Crippen LogP contribution in [0.3, 0.4) is 0 Å². The van der Waals surface area contributed by atoms with Crippen molar-refractivity contribution in [2.24, 2.45) is 11.3 Å². The van der Waals surface area contributed by atoms with E-state index in [4.69, 9.17) is 10.00 Å². The number of carbonyl (C=O) groups is 1. The Morgan fingerprint density at radius 1 is 1.60 bits per heavy atom. The van der Waals surface area contributed by atoms with E-state index < -0.39 is 5.60 Å². The van der Waals surface area contributed by atoms with Crippen LogP contribution >= 0.6 is 0 Å². The van der Waals surface area contributed by atoms with Gasteiger partial charge in [0, 0.05) is 13.1 Å². The van der Waals surface area contributed by atoms with Gasteiger partial charge in [-0.3, -0.25) is 0 Å². The van der Waals surface area contributed by atoms with E-state index in [1.165, 1.54) is 0 Å². The summed E-state index contributed by atoms with van der Waals surface area (Å²) in [4.78, 5) is 13.3. The van der Waals surface area contributed by atoms with E-state index in [0.717, 1.165) is 6.42 Å². The summed E-state index contributed by atoms with van der Waals surface area (Å²) in [6.07, 6.45) is 0.660. The number of nitrogens with zero attached hydrogens (tertiary/aromatic N) is 2. The Morgan fingerprint density at radius 3 is 2.73 bits per heavy atom. The molecule has 1 heterocycles. The van der Waals surface area contributed by atoms with Gasteiger partial charge in [-0.2, -0.15) is 5.26 Å². The van der Waals surface area contributed by atoms with Gasteiger partial charge in [-0.15, -0.1) is 0 Å². The molecule has 0 aromatic carbocycles. The van der Waals surface area contributed by atoms with E-state index in [1.54, 1.807) is 4.90 Å². The molecule has 4 nitrogen and oxygen atoms in total. The second-order valence-corrected chi connectivity index (χ2v) is 5.53. The van der Waals surface area contributed by atoms with Crippen LogP contribution in [0.5, 0.6) is 0 Å². The predicted molar refractivity (Wildman–Crippen MR) is 54.0 cm³/mol. The zero-order valence-corrected chi connectivity index (χ0v) is 9.41. The first-order valence-electron chi connectivity index (χ1n) is 5.25. The van der Waals surface area contributed by atoms with Crippen LogP contribution < -0.4 is 0 Å². The van der Waals surface area contributed by atoms with Crippen molar-refractivity contribution in [1.82, 2.24) is 4.90 Å². The number of hydrogen-bond acceptors (Lipinski definition) is 3. The topological polar surface area (TPSA) is 53.3 Å². The van der Waals surface area contributed by atoms with Crippen LogP contribution in [0.2, 0.25) is 0 Å². The number of rotatable bonds is 0. The third kappa shape index (κ3) is 1.79. The average Bonchev–Trinajstić information content (AvgIpc) is 2.66. The van der Waals surface area contributed by atoms with Crippen molar-refractivity contribution in [3.8, 4) is 6.07 Å². The predicted octanol–water partition coefficient (Wildman–Crippen LogP) is 1.77. The molecule has 1 aliphatic carbocycles. The van der Waals surface area contributed by atoms with Crippen LogP contribution in [-0.4, -0.2) is 29.7 Å². The Bertz CT molecular complexity index is 339. The number of nitriles is 1. The summed E-state index contributed by atoms with van der Waals surface area (Å²) >= 11 is 0. The maximum atomic E-state index is 11.7. The van der Waals surface area contributed by atoms with Gasteiger partial charge in [0.2, 0.25) is 0 Å². The molecular formula is C11H16N2O2. The lowest BCUT2D eigenvalue weighted by Gasteiger charge is -2.25. The lowest BCUT2D eigenvalue weighted by Crippen LogP contribution is -2.37. The first kappa shape index (κ1) is 10.3. The smallest absolute Gasteiger partial charge is 0.410 e. The van der Waals surface area contributed by atoms with Gasteiger partial charge < -0.3 is 9.64 Å². The standard InChI is InChI=1S/C11H16N2O2/c1-10(2,3)15-9(14)13-5-8-4-11(8,6-12)7-13/h8H,4-5,7H2,1-3H3/t8-,11-/m0/s1. The quantitative estimate of drug-likeness (QED) is 0.609. The lowest BCUT2D eigenvalue weighted by atomic mass is 10.1. The van der Waals surface area contributed by atoms with Crippen molar-refractivity contribution in [1.29, 1.82) is 5.26 Å². The van der Waals surface area contributed by atoms with E-state index in [-0.39, 0.29) is 11.5 Å². The fourth-order valence-corrected chi connectivity index (χ4v) is 2.12. The molecule has 0 radical (unpaired) electrons. The number of likely N-dealkylation sites (tertiary alicyclic amines) is 1. The largest absolute Gasteiger partial charge is 0.444 e. The Balaban J connectivity index is 1.93. The number of amides is 1. The summed E-state index contributed by atoms with van der Waals surface area (Å²) in [5.41, 5.74) is -0.694. The molecule has 1 saturated carbocycles. The van der Waals surface area contributed by atoms with Crippen molar-refractivity contribution in [3.63, 3.8) is 0 Å². The zero-order chi connectivity index (χ0) is 11.3. The monoisotopic (exact) mass is 208 g/mol. The van der Waals surface area contributed by atoms with Crippen molar-refractivity contribution < 1.29 is 9.53 Å². The van der Waals surface area contributed by atoms with Crippen molar-refractivity contribution in [3.05, 3.63) is 0 Å². The fraction of sp³-hybridized carbons (Fsp3) is 0.818. The highest BCUT2D eigenvalue weighted by atomic mass is 16.6. The van der Waals surface area contributed by atoms with Crippen molar-refractivity contribution >= 4 is 6.09 Å². The summed E-state index contributed by atoms with van der Waals surface area (Å²) in [7, 11) is 0. The van der Waals surface area contributed by atoms with Gasteiger partial charge in [-0.25, -0.2) is 4.79 Å². The van der Waals surface area contributed by atoms with Crippen LogP contribution in [0.15, 0.2) is 0 Å². The minimum atomic E-state index is -0.455. The first-order chi connectivity index (χ1) is 6.86. The Kier molecular flexibility index (Phi) is 1.97. The van der Waals surface area contributed by atoms with Gasteiger partial charge in [0.25, 0.3) is 0 Å². The summed E-state index contributed by atoms with van der Waals surface area (Å²) in [5, 5.41) is 8.97. The van der Waals surface area contributed by atoms with Gasteiger partial charge in [0.15, 0.2) is 0 Å². The Labute approximate surface area is 89.8 Å². The molecule has 1 saturated heterocycles. The molecule has 2 aliphatic rings. The van der Waals surface area contributed by atoms with Gasteiger partial charge in [-0.1, -0.05) is 0 Å². The van der Waals surface area contributed by atoms with Crippen molar-refractivity contribution in [2.75, 3.05) is 13.1 Å². The summed E-state index contributed by atoms with van der Waals surface area (Å²) in [5.74, 6) is 0.384.